The van der Waals surface area contributed by atoms with Gasteiger partial charge in [0.15, 0.2) is 5.78 Å². The van der Waals surface area contributed by atoms with E-state index in [2.05, 4.69) is 0 Å². The zero-order chi connectivity index (χ0) is 14.0. The van der Waals surface area contributed by atoms with Crippen molar-refractivity contribution in [1.82, 2.24) is 4.90 Å². The van der Waals surface area contributed by atoms with Gasteiger partial charge in [0.05, 0.1) is 0 Å². The maximum Gasteiger partial charge on any atom is 0.407 e. The molecule has 0 bridgehead atoms. The van der Waals surface area contributed by atoms with Crippen LogP contribution >= 0.6 is 11.6 Å². The minimum atomic E-state index is -0.958. The van der Waals surface area contributed by atoms with E-state index in [1.165, 1.54) is 4.90 Å². The van der Waals surface area contributed by atoms with Crippen molar-refractivity contribution >= 4 is 23.5 Å². The van der Waals surface area contributed by atoms with Crippen LogP contribution in [0.2, 0.25) is 5.02 Å². The van der Waals surface area contributed by atoms with Crippen LogP contribution in [-0.2, 0) is 0 Å². The molecule has 4 nitrogen and oxygen atoms in total. The monoisotopic (exact) mass is 281 g/mol. The smallest absolute Gasteiger partial charge is 0.407 e. The molecule has 19 heavy (non-hydrogen) atoms. The molecule has 2 rings (SSSR count). The van der Waals surface area contributed by atoms with E-state index >= 15 is 0 Å². The van der Waals surface area contributed by atoms with Crippen molar-refractivity contribution in [3.8, 4) is 0 Å². The van der Waals surface area contributed by atoms with Crippen molar-refractivity contribution in [3.63, 3.8) is 0 Å². The number of carboxylic acid groups (broad SMARTS) is 1. The number of halogens is 1. The minimum absolute atomic E-state index is 0.00838. The summed E-state index contributed by atoms with van der Waals surface area (Å²) < 4.78 is 0. The van der Waals surface area contributed by atoms with E-state index in [1.54, 1.807) is 12.1 Å². The topological polar surface area (TPSA) is 57.6 Å². The van der Waals surface area contributed by atoms with Crippen LogP contribution in [0.5, 0.6) is 0 Å². The fourth-order valence-corrected chi connectivity index (χ4v) is 2.62. The van der Waals surface area contributed by atoms with E-state index in [0.29, 0.717) is 17.1 Å². The Morgan fingerprint density at radius 1 is 1.42 bits per heavy atom. The highest BCUT2D eigenvalue weighted by molar-refractivity contribution is 6.31. The lowest BCUT2D eigenvalue weighted by molar-refractivity contribution is 0.0806. The van der Waals surface area contributed by atoms with E-state index in [-0.39, 0.29) is 18.2 Å². The molecule has 1 heterocycles. The average molecular weight is 282 g/mol. The Labute approximate surface area is 117 Å². The van der Waals surface area contributed by atoms with Crippen LogP contribution in [0.25, 0.3) is 0 Å². The van der Waals surface area contributed by atoms with Crippen LogP contribution in [-0.4, -0.2) is 35.0 Å². The van der Waals surface area contributed by atoms with E-state index in [1.807, 2.05) is 13.0 Å². The second-order valence-electron chi connectivity index (χ2n) is 4.89. The van der Waals surface area contributed by atoms with Gasteiger partial charge in [0.25, 0.3) is 0 Å². The first kappa shape index (κ1) is 13.9. The molecular formula is C14H16ClNO3. The summed E-state index contributed by atoms with van der Waals surface area (Å²) in [5.74, 6) is -0.270. The third-order valence-corrected chi connectivity index (χ3v) is 3.76. The van der Waals surface area contributed by atoms with Crippen molar-refractivity contribution in [2.45, 2.75) is 19.8 Å². The van der Waals surface area contributed by atoms with Gasteiger partial charge in [-0.2, -0.15) is 0 Å². The van der Waals surface area contributed by atoms with Gasteiger partial charge in [0.1, 0.15) is 0 Å². The SMILES string of the molecule is Cc1ccc(Cl)cc1C(=O)C1CCCN(C(=O)O)C1. The Morgan fingerprint density at radius 3 is 2.84 bits per heavy atom. The van der Waals surface area contributed by atoms with Crippen molar-refractivity contribution in [3.05, 3.63) is 34.3 Å². The van der Waals surface area contributed by atoms with Crippen LogP contribution < -0.4 is 0 Å². The highest BCUT2D eigenvalue weighted by Gasteiger charge is 2.29. The Kier molecular flexibility index (Phi) is 4.10. The standard InChI is InChI=1S/C14H16ClNO3/c1-9-4-5-11(15)7-12(9)13(17)10-3-2-6-16(8-10)14(18)19/h4-5,7,10H,2-3,6,8H2,1H3,(H,18,19). The number of hydrogen-bond acceptors (Lipinski definition) is 2. The molecule has 1 atom stereocenters. The van der Waals surface area contributed by atoms with Gasteiger partial charge in [-0.25, -0.2) is 4.79 Å². The fraction of sp³-hybridized carbons (Fsp3) is 0.429. The molecule has 1 fully saturated rings. The van der Waals surface area contributed by atoms with Gasteiger partial charge in [-0.3, -0.25) is 4.79 Å². The number of hydrogen-bond donors (Lipinski definition) is 1. The zero-order valence-corrected chi connectivity index (χ0v) is 11.5. The molecule has 0 radical (unpaired) electrons. The second kappa shape index (κ2) is 5.61. The van der Waals surface area contributed by atoms with E-state index in [9.17, 15) is 9.59 Å². The van der Waals surface area contributed by atoms with Crippen molar-refractivity contribution < 1.29 is 14.7 Å². The molecule has 1 saturated heterocycles. The highest BCUT2D eigenvalue weighted by atomic mass is 35.5. The Bertz CT molecular complexity index is 515. The number of nitrogens with zero attached hydrogens (tertiary/aromatic N) is 1. The largest absolute Gasteiger partial charge is 0.465 e. The number of carbonyl (C=O) groups is 2. The number of carbonyl (C=O) groups excluding carboxylic acids is 1. The predicted octanol–water partition coefficient (Wildman–Crippen LogP) is 3.22. The van der Waals surface area contributed by atoms with Gasteiger partial charge in [-0.05, 0) is 37.5 Å². The van der Waals surface area contributed by atoms with E-state index < -0.39 is 6.09 Å². The van der Waals surface area contributed by atoms with Gasteiger partial charge in [0, 0.05) is 29.6 Å². The number of aryl methyl sites for hydroxylation is 1. The second-order valence-corrected chi connectivity index (χ2v) is 5.33. The minimum Gasteiger partial charge on any atom is -0.465 e. The van der Waals surface area contributed by atoms with Crippen LogP contribution in [0.15, 0.2) is 18.2 Å². The summed E-state index contributed by atoms with van der Waals surface area (Å²) in [6.45, 7) is 2.65. The summed E-state index contributed by atoms with van der Waals surface area (Å²) in [6.07, 6.45) is 0.497. The van der Waals surface area contributed by atoms with Crippen LogP contribution in [0.4, 0.5) is 4.79 Å². The third-order valence-electron chi connectivity index (χ3n) is 3.53. The predicted molar refractivity (Wildman–Crippen MR) is 72.8 cm³/mol. The number of ketones is 1. The summed E-state index contributed by atoms with van der Waals surface area (Å²) >= 11 is 5.92. The summed E-state index contributed by atoms with van der Waals surface area (Å²) in [5, 5.41) is 9.53. The maximum atomic E-state index is 12.5. The number of piperidine rings is 1. The molecule has 1 aliphatic rings. The van der Waals surface area contributed by atoms with Gasteiger partial charge in [-0.15, -0.1) is 0 Å². The van der Waals surface area contributed by atoms with Crippen molar-refractivity contribution in [2.75, 3.05) is 13.1 Å². The van der Waals surface area contributed by atoms with Gasteiger partial charge >= 0.3 is 6.09 Å². The molecule has 0 aromatic heterocycles. The number of Topliss-reactive ketones (excluding diaryl/α,β-unsaturated/α-hetero) is 1. The summed E-state index contributed by atoms with van der Waals surface area (Å²) in [5.41, 5.74) is 1.48. The van der Waals surface area contributed by atoms with Gasteiger partial charge in [0.2, 0.25) is 0 Å². The molecule has 1 unspecified atom stereocenters. The molecular weight excluding hydrogens is 266 g/mol. The highest BCUT2D eigenvalue weighted by Crippen LogP contribution is 2.24. The zero-order valence-electron chi connectivity index (χ0n) is 10.7. The molecule has 1 N–H and O–H groups in total. The van der Waals surface area contributed by atoms with E-state index in [4.69, 9.17) is 16.7 Å². The van der Waals surface area contributed by atoms with Crippen molar-refractivity contribution in [1.29, 1.82) is 0 Å². The quantitative estimate of drug-likeness (QED) is 0.847. The van der Waals surface area contributed by atoms with E-state index in [0.717, 1.165) is 18.4 Å². The maximum absolute atomic E-state index is 12.5. The molecule has 1 aromatic carbocycles. The lowest BCUT2D eigenvalue weighted by Crippen LogP contribution is -2.41. The normalized spacial score (nSPS) is 19.3. The molecule has 0 spiro atoms. The molecule has 1 aromatic rings. The first-order chi connectivity index (χ1) is 8.99. The Morgan fingerprint density at radius 2 is 2.16 bits per heavy atom. The molecule has 1 aliphatic heterocycles. The number of benzene rings is 1. The molecule has 0 saturated carbocycles. The third kappa shape index (κ3) is 3.07. The van der Waals surface area contributed by atoms with Crippen LogP contribution in [0.1, 0.15) is 28.8 Å². The first-order valence-corrected chi connectivity index (χ1v) is 6.65. The first-order valence-electron chi connectivity index (χ1n) is 6.27. The Hall–Kier alpha value is -1.55. The number of rotatable bonds is 2. The lowest BCUT2D eigenvalue weighted by atomic mass is 9.88. The molecule has 102 valence electrons. The van der Waals surface area contributed by atoms with Crippen LogP contribution in [0.3, 0.4) is 0 Å². The summed E-state index contributed by atoms with van der Waals surface area (Å²) in [4.78, 5) is 24.7. The molecule has 1 amide bonds. The van der Waals surface area contributed by atoms with Gasteiger partial charge in [-0.1, -0.05) is 17.7 Å². The van der Waals surface area contributed by atoms with Crippen LogP contribution in [0, 0.1) is 12.8 Å². The van der Waals surface area contributed by atoms with Crippen molar-refractivity contribution in [2.24, 2.45) is 5.92 Å². The summed E-state index contributed by atoms with van der Waals surface area (Å²) in [7, 11) is 0. The number of likely N-dealkylation sites (tertiary alicyclic amines) is 1. The fourth-order valence-electron chi connectivity index (χ4n) is 2.44. The van der Waals surface area contributed by atoms with Gasteiger partial charge < -0.3 is 10.0 Å². The lowest BCUT2D eigenvalue weighted by Gasteiger charge is -2.30. The summed E-state index contributed by atoms with van der Waals surface area (Å²) in [6, 6.07) is 5.23. The average Bonchev–Trinajstić information content (AvgIpc) is 2.41. The Balaban J connectivity index is 2.19. The molecule has 5 heteroatoms. The number of amides is 1. The molecule has 0 aliphatic carbocycles.